The summed E-state index contributed by atoms with van der Waals surface area (Å²) in [7, 11) is -3.70. The van der Waals surface area contributed by atoms with Gasteiger partial charge in [-0.2, -0.15) is 4.31 Å². The average Bonchev–Trinajstić information content (AvgIpc) is 2.70. The molecule has 3 rings (SSSR count). The maximum absolute atomic E-state index is 13.2. The van der Waals surface area contributed by atoms with E-state index in [9.17, 15) is 8.42 Å². The van der Waals surface area contributed by atoms with E-state index in [1.807, 2.05) is 38.1 Å². The monoisotopic (exact) mass is 424 g/mol. The maximum atomic E-state index is 13.2. The summed E-state index contributed by atoms with van der Waals surface area (Å²) in [5, 5.41) is 0.367. The van der Waals surface area contributed by atoms with Crippen LogP contribution in [0.25, 0.3) is 0 Å². The molecule has 1 heterocycles. The van der Waals surface area contributed by atoms with Gasteiger partial charge in [0.2, 0.25) is 10.0 Å². The van der Waals surface area contributed by atoms with Crippen molar-refractivity contribution in [2.45, 2.75) is 18.7 Å². The third-order valence-electron chi connectivity index (χ3n) is 4.57. The normalized spacial score (nSPS) is 15.5. The number of benzene rings is 2. The van der Waals surface area contributed by atoms with Crippen LogP contribution in [0.2, 0.25) is 5.02 Å². The summed E-state index contributed by atoms with van der Waals surface area (Å²) in [6.07, 6.45) is 0. The zero-order valence-corrected chi connectivity index (χ0v) is 17.7. The first kappa shape index (κ1) is 20.8. The van der Waals surface area contributed by atoms with Crippen LogP contribution in [-0.4, -0.2) is 52.1 Å². The number of halogens is 1. The van der Waals surface area contributed by atoms with E-state index in [1.165, 1.54) is 10.4 Å². The first-order chi connectivity index (χ1) is 13.5. The topological polar surface area (TPSA) is 59.1 Å². The largest absolute Gasteiger partial charge is 0.492 e. The lowest BCUT2D eigenvalue weighted by molar-refractivity contribution is 0.326. The molecule has 0 aromatic heterocycles. The molecule has 0 amide bonds. The predicted octanol–water partition coefficient (Wildman–Crippen LogP) is 3.65. The Kier molecular flexibility index (Phi) is 6.69. The fraction of sp³-hybridized carbons (Fsp3) is 0.400. The molecular weight excluding hydrogens is 400 g/mol. The Morgan fingerprint density at radius 2 is 1.57 bits per heavy atom. The number of piperazine rings is 1. The van der Waals surface area contributed by atoms with Crippen molar-refractivity contribution in [3.63, 3.8) is 0 Å². The van der Waals surface area contributed by atoms with E-state index in [1.54, 1.807) is 12.1 Å². The Morgan fingerprint density at radius 3 is 2.25 bits per heavy atom. The van der Waals surface area contributed by atoms with Crippen molar-refractivity contribution in [3.8, 4) is 11.5 Å². The first-order valence-corrected chi connectivity index (χ1v) is 11.2. The zero-order chi connectivity index (χ0) is 20.1. The first-order valence-electron chi connectivity index (χ1n) is 9.36. The molecule has 0 aliphatic carbocycles. The Bertz CT molecular complexity index is 912. The fourth-order valence-electron chi connectivity index (χ4n) is 3.26. The number of anilines is 1. The third kappa shape index (κ3) is 4.37. The second-order valence-electron chi connectivity index (χ2n) is 6.32. The molecule has 8 heteroatoms. The molecule has 0 N–H and O–H groups in total. The van der Waals surface area contributed by atoms with E-state index in [0.717, 1.165) is 11.4 Å². The molecule has 0 radical (unpaired) electrons. The molecule has 0 atom stereocenters. The number of nitrogens with zero attached hydrogens (tertiary/aromatic N) is 2. The van der Waals surface area contributed by atoms with Crippen LogP contribution in [0.4, 0.5) is 5.69 Å². The molecule has 0 unspecified atom stereocenters. The molecule has 28 heavy (non-hydrogen) atoms. The molecule has 2 aromatic rings. The zero-order valence-electron chi connectivity index (χ0n) is 16.1. The summed E-state index contributed by atoms with van der Waals surface area (Å²) in [6.45, 7) is 6.64. The summed E-state index contributed by atoms with van der Waals surface area (Å²) < 4.78 is 39.1. The molecule has 2 aromatic carbocycles. The lowest BCUT2D eigenvalue weighted by Gasteiger charge is -2.36. The van der Waals surface area contributed by atoms with Crippen molar-refractivity contribution in [1.29, 1.82) is 0 Å². The van der Waals surface area contributed by atoms with Crippen LogP contribution in [-0.2, 0) is 10.0 Å². The number of ether oxygens (including phenoxy) is 2. The molecule has 152 valence electrons. The number of para-hydroxylation sites is 2. The minimum Gasteiger partial charge on any atom is -0.492 e. The summed E-state index contributed by atoms with van der Waals surface area (Å²) in [5.41, 5.74) is 0.985. The molecular formula is C20H25ClN2O4S. The van der Waals surface area contributed by atoms with Gasteiger partial charge < -0.3 is 14.4 Å². The summed E-state index contributed by atoms with van der Waals surface area (Å²) in [6, 6.07) is 12.5. The Morgan fingerprint density at radius 1 is 0.929 bits per heavy atom. The highest BCUT2D eigenvalue weighted by Crippen LogP contribution is 2.32. The van der Waals surface area contributed by atoms with Crippen LogP contribution in [0.3, 0.4) is 0 Å². The second kappa shape index (κ2) is 9.03. The van der Waals surface area contributed by atoms with Crippen LogP contribution >= 0.6 is 11.6 Å². The number of sulfonamides is 1. The lowest BCUT2D eigenvalue weighted by Crippen LogP contribution is -2.48. The highest BCUT2D eigenvalue weighted by atomic mass is 35.5. The third-order valence-corrected chi connectivity index (χ3v) is 6.72. The van der Waals surface area contributed by atoms with Crippen molar-refractivity contribution >= 4 is 27.3 Å². The fourth-order valence-corrected chi connectivity index (χ4v) is 5.08. The maximum Gasteiger partial charge on any atom is 0.246 e. The number of hydrogen-bond donors (Lipinski definition) is 0. The summed E-state index contributed by atoms with van der Waals surface area (Å²) in [5.74, 6) is 1.14. The Hall–Kier alpha value is -1.96. The molecule has 1 saturated heterocycles. The molecule has 0 spiro atoms. The van der Waals surface area contributed by atoms with Crippen LogP contribution in [0.1, 0.15) is 13.8 Å². The number of rotatable bonds is 7. The standard InChI is InChI=1S/C20H25ClN2O4S/c1-3-26-18-8-6-5-7-17(18)22-11-13-23(14-12-22)28(24,25)20-15-16(21)9-10-19(20)27-4-2/h5-10,15H,3-4,11-14H2,1-2H3. The van der Waals surface area contributed by atoms with Crippen molar-refractivity contribution < 1.29 is 17.9 Å². The summed E-state index contributed by atoms with van der Waals surface area (Å²) in [4.78, 5) is 2.27. The van der Waals surface area contributed by atoms with Gasteiger partial charge >= 0.3 is 0 Å². The smallest absolute Gasteiger partial charge is 0.246 e. The Balaban J connectivity index is 1.79. The average molecular weight is 425 g/mol. The molecule has 6 nitrogen and oxygen atoms in total. The van der Waals surface area contributed by atoms with E-state index in [4.69, 9.17) is 21.1 Å². The van der Waals surface area contributed by atoms with Gasteiger partial charge in [0.05, 0.1) is 18.9 Å². The molecule has 0 saturated carbocycles. The van der Waals surface area contributed by atoms with Gasteiger partial charge in [0.1, 0.15) is 16.4 Å². The van der Waals surface area contributed by atoms with E-state index >= 15 is 0 Å². The van der Waals surface area contributed by atoms with Gasteiger partial charge in [0.15, 0.2) is 0 Å². The van der Waals surface area contributed by atoms with Crippen LogP contribution in [0, 0.1) is 0 Å². The van der Waals surface area contributed by atoms with E-state index in [-0.39, 0.29) is 4.90 Å². The lowest BCUT2D eigenvalue weighted by atomic mass is 10.2. The van der Waals surface area contributed by atoms with Gasteiger partial charge in [-0.15, -0.1) is 0 Å². The minimum absolute atomic E-state index is 0.116. The molecule has 0 bridgehead atoms. The van der Waals surface area contributed by atoms with Crippen LogP contribution < -0.4 is 14.4 Å². The van der Waals surface area contributed by atoms with Crippen molar-refractivity contribution in [2.75, 3.05) is 44.3 Å². The van der Waals surface area contributed by atoms with Crippen LogP contribution in [0.15, 0.2) is 47.4 Å². The molecule has 1 fully saturated rings. The Labute approximate surface area is 171 Å². The molecule has 1 aliphatic heterocycles. The van der Waals surface area contributed by atoms with Crippen molar-refractivity contribution in [3.05, 3.63) is 47.5 Å². The van der Waals surface area contributed by atoms with Crippen LogP contribution in [0.5, 0.6) is 11.5 Å². The SMILES string of the molecule is CCOc1ccccc1N1CCN(S(=O)(=O)c2cc(Cl)ccc2OCC)CC1. The van der Waals surface area contributed by atoms with Gasteiger partial charge in [-0.1, -0.05) is 23.7 Å². The van der Waals surface area contributed by atoms with E-state index < -0.39 is 10.0 Å². The van der Waals surface area contributed by atoms with E-state index in [2.05, 4.69) is 4.90 Å². The van der Waals surface area contributed by atoms with Gasteiger partial charge in [0.25, 0.3) is 0 Å². The van der Waals surface area contributed by atoms with Gasteiger partial charge in [-0.25, -0.2) is 8.42 Å². The second-order valence-corrected chi connectivity index (χ2v) is 8.66. The highest BCUT2D eigenvalue weighted by molar-refractivity contribution is 7.89. The summed E-state index contributed by atoms with van der Waals surface area (Å²) >= 11 is 6.05. The van der Waals surface area contributed by atoms with E-state index in [0.29, 0.717) is 50.2 Å². The minimum atomic E-state index is -3.70. The van der Waals surface area contributed by atoms with Gasteiger partial charge in [-0.05, 0) is 44.2 Å². The molecule has 1 aliphatic rings. The quantitative estimate of drug-likeness (QED) is 0.679. The van der Waals surface area contributed by atoms with Gasteiger partial charge in [0, 0.05) is 31.2 Å². The van der Waals surface area contributed by atoms with Crippen molar-refractivity contribution in [2.24, 2.45) is 0 Å². The highest BCUT2D eigenvalue weighted by Gasteiger charge is 2.31. The van der Waals surface area contributed by atoms with Gasteiger partial charge in [-0.3, -0.25) is 0 Å². The number of hydrogen-bond acceptors (Lipinski definition) is 5. The van der Waals surface area contributed by atoms with Crippen molar-refractivity contribution in [1.82, 2.24) is 4.31 Å². The predicted molar refractivity (Wildman–Crippen MR) is 111 cm³/mol.